The molecule has 198 valence electrons. The Morgan fingerprint density at radius 2 is 1.67 bits per heavy atom. The minimum absolute atomic E-state index is 0.0297. The van der Waals surface area contributed by atoms with Crippen LogP contribution in [0.3, 0.4) is 0 Å². The first-order chi connectivity index (χ1) is 18.6. The van der Waals surface area contributed by atoms with Gasteiger partial charge in [-0.15, -0.1) is 0 Å². The van der Waals surface area contributed by atoms with Crippen LogP contribution in [0.2, 0.25) is 0 Å². The van der Waals surface area contributed by atoms with Crippen molar-refractivity contribution in [2.75, 3.05) is 11.8 Å². The highest BCUT2D eigenvalue weighted by molar-refractivity contribution is 7.92. The van der Waals surface area contributed by atoms with E-state index in [0.717, 1.165) is 18.2 Å². The van der Waals surface area contributed by atoms with Crippen molar-refractivity contribution in [3.8, 4) is 22.6 Å². The van der Waals surface area contributed by atoms with Crippen molar-refractivity contribution < 1.29 is 26.3 Å². The van der Waals surface area contributed by atoms with Crippen LogP contribution in [0.4, 0.5) is 19.0 Å². The lowest BCUT2D eigenvalue weighted by molar-refractivity contribution is 0.412. The smallest absolute Gasteiger partial charge is 0.263 e. The summed E-state index contributed by atoms with van der Waals surface area (Å²) in [7, 11) is -2.73. The third kappa shape index (κ3) is 4.93. The molecule has 0 saturated heterocycles. The number of sulfonamides is 1. The van der Waals surface area contributed by atoms with Gasteiger partial charge >= 0.3 is 0 Å². The van der Waals surface area contributed by atoms with Gasteiger partial charge in [0.25, 0.3) is 15.6 Å². The number of hydrogen-bond acceptors (Lipinski definition) is 6. The van der Waals surface area contributed by atoms with Gasteiger partial charge in [0, 0.05) is 34.8 Å². The Bertz CT molecular complexity index is 1930. The number of halogens is 3. The van der Waals surface area contributed by atoms with Gasteiger partial charge in [0.1, 0.15) is 23.7 Å². The molecule has 2 aromatic heterocycles. The van der Waals surface area contributed by atoms with E-state index in [2.05, 4.69) is 14.7 Å². The number of nitrogens with one attached hydrogen (secondary N) is 1. The van der Waals surface area contributed by atoms with E-state index in [-0.39, 0.29) is 38.8 Å². The Kier molecular flexibility index (Phi) is 6.56. The first-order valence-corrected chi connectivity index (χ1v) is 12.9. The first kappa shape index (κ1) is 25.9. The molecule has 0 aliphatic carbocycles. The zero-order valence-corrected chi connectivity index (χ0v) is 21.3. The standard InChI is InChI=1S/C27H19F3N4O4S/c1-15-9-26(32-14-31-15)33-39(36,37)18-5-7-23-17(10-18)4-8-27(35)34(23)24-13-21(29)19(12-25(24)38-2)16-3-6-20(28)22(30)11-16/h3-14H,1-2H3,(H,31,32,33). The van der Waals surface area contributed by atoms with Gasteiger partial charge in [-0.05, 0) is 55.0 Å². The van der Waals surface area contributed by atoms with E-state index in [1.165, 1.54) is 66.5 Å². The third-order valence-electron chi connectivity index (χ3n) is 5.96. The highest BCUT2D eigenvalue weighted by atomic mass is 32.2. The van der Waals surface area contributed by atoms with E-state index in [4.69, 9.17) is 4.74 Å². The number of aryl methyl sites for hydroxylation is 1. The van der Waals surface area contributed by atoms with Crippen LogP contribution >= 0.6 is 0 Å². The number of benzene rings is 3. The third-order valence-corrected chi connectivity index (χ3v) is 7.31. The molecule has 0 bridgehead atoms. The van der Waals surface area contributed by atoms with E-state index in [1.54, 1.807) is 6.92 Å². The lowest BCUT2D eigenvalue weighted by Crippen LogP contribution is -2.19. The largest absolute Gasteiger partial charge is 0.495 e. The van der Waals surface area contributed by atoms with Crippen LogP contribution in [0.25, 0.3) is 27.7 Å². The molecule has 3 aromatic carbocycles. The second-order valence-corrected chi connectivity index (χ2v) is 10.2. The summed E-state index contributed by atoms with van der Waals surface area (Å²) in [6.07, 6.45) is 1.23. The molecule has 8 nitrogen and oxygen atoms in total. The number of pyridine rings is 1. The number of methoxy groups -OCH3 is 1. The second kappa shape index (κ2) is 9.87. The molecule has 2 heterocycles. The van der Waals surface area contributed by atoms with Gasteiger partial charge < -0.3 is 4.74 Å². The quantitative estimate of drug-likeness (QED) is 0.319. The zero-order chi connectivity index (χ0) is 27.9. The summed E-state index contributed by atoms with van der Waals surface area (Å²) in [5.74, 6) is -2.87. The van der Waals surface area contributed by atoms with Crippen molar-refractivity contribution >= 4 is 26.7 Å². The maximum absolute atomic E-state index is 15.3. The highest BCUT2D eigenvalue weighted by Gasteiger charge is 2.20. The predicted octanol–water partition coefficient (Wildman–Crippen LogP) is 4.98. The van der Waals surface area contributed by atoms with Crippen molar-refractivity contribution in [1.29, 1.82) is 0 Å². The molecule has 0 atom stereocenters. The number of aromatic nitrogens is 3. The Balaban J connectivity index is 1.62. The summed E-state index contributed by atoms with van der Waals surface area (Å²) in [5, 5.41) is 0.364. The molecule has 0 saturated carbocycles. The summed E-state index contributed by atoms with van der Waals surface area (Å²) >= 11 is 0. The zero-order valence-electron chi connectivity index (χ0n) is 20.4. The molecule has 0 fully saturated rings. The number of anilines is 1. The fourth-order valence-electron chi connectivity index (χ4n) is 4.11. The van der Waals surface area contributed by atoms with Gasteiger partial charge in [-0.2, -0.15) is 0 Å². The molecule has 0 aliphatic heterocycles. The van der Waals surface area contributed by atoms with Crippen LogP contribution in [-0.4, -0.2) is 30.1 Å². The molecule has 0 spiro atoms. The molecule has 0 aliphatic rings. The SMILES string of the molecule is COc1cc(-c2ccc(F)c(F)c2)c(F)cc1-n1c(=O)ccc2cc(S(=O)(=O)Nc3cc(C)ncn3)ccc21. The Morgan fingerprint density at radius 3 is 2.38 bits per heavy atom. The van der Waals surface area contributed by atoms with Crippen molar-refractivity contribution in [2.24, 2.45) is 0 Å². The number of fused-ring (bicyclic) bond motifs is 1. The molecule has 0 amide bonds. The van der Waals surface area contributed by atoms with Crippen LogP contribution in [0.1, 0.15) is 5.69 Å². The van der Waals surface area contributed by atoms with Gasteiger partial charge in [0.2, 0.25) is 0 Å². The maximum Gasteiger partial charge on any atom is 0.263 e. The minimum Gasteiger partial charge on any atom is -0.495 e. The summed E-state index contributed by atoms with van der Waals surface area (Å²) in [5.41, 5.74) is 0.345. The highest BCUT2D eigenvalue weighted by Crippen LogP contribution is 2.34. The topological polar surface area (TPSA) is 103 Å². The van der Waals surface area contributed by atoms with Crippen molar-refractivity contribution in [3.63, 3.8) is 0 Å². The van der Waals surface area contributed by atoms with Crippen LogP contribution in [0.15, 0.2) is 82.7 Å². The fraction of sp³-hybridized carbons (Fsp3) is 0.0741. The molecular formula is C27H19F3N4O4S. The Morgan fingerprint density at radius 1 is 0.872 bits per heavy atom. The van der Waals surface area contributed by atoms with E-state index in [0.29, 0.717) is 11.1 Å². The number of rotatable bonds is 6. The minimum atomic E-state index is -4.04. The predicted molar refractivity (Wildman–Crippen MR) is 139 cm³/mol. The van der Waals surface area contributed by atoms with Gasteiger partial charge in [0.05, 0.1) is 23.2 Å². The molecule has 5 rings (SSSR count). The maximum atomic E-state index is 15.3. The van der Waals surface area contributed by atoms with Crippen LogP contribution < -0.4 is 15.0 Å². The van der Waals surface area contributed by atoms with Gasteiger partial charge in [-0.3, -0.25) is 14.1 Å². The second-order valence-electron chi connectivity index (χ2n) is 8.51. The molecule has 12 heteroatoms. The first-order valence-electron chi connectivity index (χ1n) is 11.4. The van der Waals surface area contributed by atoms with Crippen LogP contribution in [-0.2, 0) is 10.0 Å². The number of ether oxygens (including phenoxy) is 1. The summed E-state index contributed by atoms with van der Waals surface area (Å²) in [4.78, 5) is 20.7. The molecule has 0 radical (unpaired) electrons. The summed E-state index contributed by atoms with van der Waals surface area (Å²) in [6, 6.07) is 13.5. The molecule has 39 heavy (non-hydrogen) atoms. The lowest BCUT2D eigenvalue weighted by atomic mass is 10.0. The molecule has 1 N–H and O–H groups in total. The van der Waals surface area contributed by atoms with E-state index in [1.807, 2.05) is 0 Å². The van der Waals surface area contributed by atoms with Crippen molar-refractivity contribution in [2.45, 2.75) is 11.8 Å². The van der Waals surface area contributed by atoms with Gasteiger partial charge in [-0.1, -0.05) is 6.07 Å². The number of hydrogen-bond donors (Lipinski definition) is 1. The van der Waals surface area contributed by atoms with E-state index in [9.17, 15) is 22.0 Å². The average Bonchev–Trinajstić information content (AvgIpc) is 2.89. The summed E-state index contributed by atoms with van der Waals surface area (Å²) in [6.45, 7) is 1.69. The van der Waals surface area contributed by atoms with Gasteiger partial charge in [-0.25, -0.2) is 31.6 Å². The molecule has 0 unspecified atom stereocenters. The summed E-state index contributed by atoms with van der Waals surface area (Å²) < 4.78 is 77.4. The average molecular weight is 553 g/mol. The molecule has 5 aromatic rings. The monoisotopic (exact) mass is 552 g/mol. The lowest BCUT2D eigenvalue weighted by Gasteiger charge is -2.17. The fourth-order valence-corrected chi connectivity index (χ4v) is 5.15. The van der Waals surface area contributed by atoms with Crippen LogP contribution in [0.5, 0.6) is 5.75 Å². The van der Waals surface area contributed by atoms with E-state index >= 15 is 4.39 Å². The van der Waals surface area contributed by atoms with Crippen molar-refractivity contribution in [3.05, 3.63) is 107 Å². The Hall–Kier alpha value is -4.71. The Labute approximate surface area is 220 Å². The normalized spacial score (nSPS) is 11.5. The number of nitrogens with zero attached hydrogens (tertiary/aromatic N) is 3. The van der Waals surface area contributed by atoms with Crippen molar-refractivity contribution in [1.82, 2.24) is 14.5 Å². The molecular weight excluding hydrogens is 533 g/mol. The van der Waals surface area contributed by atoms with Crippen LogP contribution in [0, 0.1) is 24.4 Å². The van der Waals surface area contributed by atoms with Gasteiger partial charge in [0.15, 0.2) is 11.6 Å². The van der Waals surface area contributed by atoms with E-state index < -0.39 is 33.0 Å².